The van der Waals surface area contributed by atoms with Crippen LogP contribution in [0.3, 0.4) is 0 Å². The van der Waals surface area contributed by atoms with Crippen LogP contribution in [0.1, 0.15) is 16.1 Å². The Labute approximate surface area is 106 Å². The van der Waals surface area contributed by atoms with Crippen LogP contribution >= 0.6 is 23.3 Å². The van der Waals surface area contributed by atoms with Gasteiger partial charge in [-0.2, -0.15) is 4.37 Å². The Bertz CT molecular complexity index is 454. The molecule has 0 spiro atoms. The third-order valence-electron chi connectivity index (χ3n) is 2.35. The number of thioether (sulfide) groups is 1. The molecule has 6 nitrogen and oxygen atoms in total. The number of carboxylic acids is 1. The van der Waals surface area contributed by atoms with Crippen LogP contribution in [-0.4, -0.2) is 39.0 Å². The van der Waals surface area contributed by atoms with Crippen LogP contribution < -0.4 is 10.6 Å². The molecule has 0 aliphatic carbocycles. The lowest BCUT2D eigenvalue weighted by Crippen LogP contribution is -2.37. The van der Waals surface area contributed by atoms with Gasteiger partial charge in [-0.3, -0.25) is 10.1 Å². The third kappa shape index (κ3) is 2.59. The summed E-state index contributed by atoms with van der Waals surface area (Å²) in [5.74, 6) is 0.166. The maximum atomic E-state index is 11.8. The minimum absolute atomic E-state index is 0.0778. The van der Waals surface area contributed by atoms with E-state index in [4.69, 9.17) is 5.11 Å². The van der Waals surface area contributed by atoms with Crippen molar-refractivity contribution < 1.29 is 14.7 Å². The molecule has 2 rings (SSSR count). The van der Waals surface area contributed by atoms with E-state index in [2.05, 4.69) is 15.0 Å². The zero-order chi connectivity index (χ0) is 12.4. The predicted molar refractivity (Wildman–Crippen MR) is 66.7 cm³/mol. The van der Waals surface area contributed by atoms with Gasteiger partial charge in [0.25, 0.3) is 0 Å². The van der Waals surface area contributed by atoms with Crippen molar-refractivity contribution in [3.8, 4) is 0 Å². The number of rotatable bonds is 3. The molecule has 8 heteroatoms. The lowest BCUT2D eigenvalue weighted by molar-refractivity contribution is -0.117. The molecule has 1 amide bonds. The second-order valence-corrected chi connectivity index (χ2v) is 5.34. The smallest absolute Gasteiger partial charge is 0.340 e. The van der Waals surface area contributed by atoms with Gasteiger partial charge in [-0.05, 0) is 18.5 Å². The molecule has 1 aliphatic rings. The molecule has 0 radical (unpaired) electrons. The number of anilines is 1. The van der Waals surface area contributed by atoms with E-state index in [0.29, 0.717) is 16.4 Å². The summed E-state index contributed by atoms with van der Waals surface area (Å²) in [4.78, 5) is 22.8. The van der Waals surface area contributed by atoms with E-state index in [1.165, 1.54) is 0 Å². The van der Waals surface area contributed by atoms with Crippen LogP contribution in [0.2, 0.25) is 0 Å². The summed E-state index contributed by atoms with van der Waals surface area (Å²) in [6.45, 7) is 1.61. The van der Waals surface area contributed by atoms with Gasteiger partial charge >= 0.3 is 5.97 Å². The summed E-state index contributed by atoms with van der Waals surface area (Å²) in [5.41, 5.74) is 0.501. The van der Waals surface area contributed by atoms with Gasteiger partial charge in [-0.1, -0.05) is 0 Å². The largest absolute Gasteiger partial charge is 0.478 e. The van der Waals surface area contributed by atoms with Gasteiger partial charge in [-0.15, -0.1) is 11.8 Å². The fourth-order valence-corrected chi connectivity index (χ4v) is 3.20. The average Bonchev–Trinajstić information content (AvgIpc) is 2.87. The zero-order valence-corrected chi connectivity index (χ0v) is 10.7. The van der Waals surface area contributed by atoms with Crippen LogP contribution in [0.25, 0.3) is 0 Å². The van der Waals surface area contributed by atoms with Crippen molar-refractivity contribution in [2.24, 2.45) is 0 Å². The van der Waals surface area contributed by atoms with Crippen molar-refractivity contribution in [3.05, 3.63) is 11.3 Å². The molecule has 92 valence electrons. The lowest BCUT2D eigenvalue weighted by Gasteiger charge is -2.09. The summed E-state index contributed by atoms with van der Waals surface area (Å²) in [7, 11) is 0. The van der Waals surface area contributed by atoms with Gasteiger partial charge < -0.3 is 10.4 Å². The summed E-state index contributed by atoms with van der Waals surface area (Å²) < 4.78 is 3.94. The number of carbonyl (C=O) groups is 2. The van der Waals surface area contributed by atoms with Gasteiger partial charge in [0.15, 0.2) is 0 Å². The summed E-state index contributed by atoms with van der Waals surface area (Å²) in [5, 5.41) is 14.9. The van der Waals surface area contributed by atoms with E-state index < -0.39 is 5.97 Å². The molecule has 1 aliphatic heterocycles. The number of aryl methyl sites for hydroxylation is 1. The Balaban J connectivity index is 2.13. The van der Waals surface area contributed by atoms with Crippen molar-refractivity contribution >= 4 is 40.2 Å². The molecule has 0 aromatic carbocycles. The Morgan fingerprint density at radius 2 is 2.35 bits per heavy atom. The maximum absolute atomic E-state index is 11.8. The van der Waals surface area contributed by atoms with Gasteiger partial charge in [0.2, 0.25) is 5.91 Å². The van der Waals surface area contributed by atoms with Crippen LogP contribution in [-0.2, 0) is 4.79 Å². The summed E-state index contributed by atoms with van der Waals surface area (Å²) in [6.07, 6.45) is 0. The van der Waals surface area contributed by atoms with E-state index >= 15 is 0 Å². The highest BCUT2D eigenvalue weighted by molar-refractivity contribution is 7.99. The van der Waals surface area contributed by atoms with E-state index in [1.54, 1.807) is 18.7 Å². The SMILES string of the molecule is Cc1nsc(NC(=O)C2CSCN2)c1C(=O)O. The Hall–Kier alpha value is -1.12. The number of nitrogens with zero attached hydrogens (tertiary/aromatic N) is 1. The van der Waals surface area contributed by atoms with Crippen molar-refractivity contribution in [1.29, 1.82) is 0 Å². The lowest BCUT2D eigenvalue weighted by atomic mass is 10.2. The second kappa shape index (κ2) is 5.03. The number of hydrogen-bond acceptors (Lipinski definition) is 6. The highest BCUT2D eigenvalue weighted by atomic mass is 32.2. The Morgan fingerprint density at radius 3 is 2.94 bits per heavy atom. The molecule has 1 fully saturated rings. The number of aromatic carboxylic acids is 1. The molecule has 1 unspecified atom stereocenters. The molecular weight excluding hydrogens is 262 g/mol. The van der Waals surface area contributed by atoms with Gasteiger partial charge in [0.05, 0.1) is 11.7 Å². The molecule has 1 aromatic heterocycles. The Morgan fingerprint density at radius 1 is 1.59 bits per heavy atom. The number of carboxylic acid groups (broad SMARTS) is 1. The van der Waals surface area contributed by atoms with Gasteiger partial charge in [0, 0.05) is 11.6 Å². The monoisotopic (exact) mass is 273 g/mol. The predicted octanol–water partition coefficient (Wildman–Crippen LogP) is 0.751. The minimum Gasteiger partial charge on any atom is -0.478 e. The third-order valence-corrected chi connectivity index (χ3v) is 4.14. The standard InChI is InChI=1S/C9H11N3O3S2/c1-4-6(9(14)15)8(17-12-4)11-7(13)5-2-16-3-10-5/h5,10H,2-3H2,1H3,(H,11,13)(H,14,15). The quantitative estimate of drug-likeness (QED) is 0.753. The second-order valence-electron chi connectivity index (χ2n) is 3.54. The first-order valence-corrected chi connectivity index (χ1v) is 6.84. The molecule has 0 saturated carbocycles. The van der Waals surface area contributed by atoms with E-state index in [-0.39, 0.29) is 17.5 Å². The fourth-order valence-electron chi connectivity index (χ4n) is 1.47. The van der Waals surface area contributed by atoms with Gasteiger partial charge in [-0.25, -0.2) is 4.79 Å². The van der Waals surface area contributed by atoms with Crippen LogP contribution in [0.4, 0.5) is 5.00 Å². The van der Waals surface area contributed by atoms with Crippen LogP contribution in [0, 0.1) is 6.92 Å². The van der Waals surface area contributed by atoms with Crippen LogP contribution in [0.15, 0.2) is 0 Å². The van der Waals surface area contributed by atoms with E-state index in [1.807, 2.05) is 0 Å². The molecule has 0 bridgehead atoms. The molecule has 3 N–H and O–H groups in total. The molecule has 2 heterocycles. The number of amides is 1. The van der Waals surface area contributed by atoms with Crippen LogP contribution in [0.5, 0.6) is 0 Å². The first-order chi connectivity index (χ1) is 8.09. The van der Waals surface area contributed by atoms with E-state index in [9.17, 15) is 9.59 Å². The zero-order valence-electron chi connectivity index (χ0n) is 9.02. The summed E-state index contributed by atoms with van der Waals surface area (Å²) in [6, 6.07) is -0.260. The highest BCUT2D eigenvalue weighted by Gasteiger charge is 2.25. The molecule has 1 saturated heterocycles. The number of hydrogen-bond donors (Lipinski definition) is 3. The highest BCUT2D eigenvalue weighted by Crippen LogP contribution is 2.25. The summed E-state index contributed by atoms with van der Waals surface area (Å²) >= 11 is 2.63. The fraction of sp³-hybridized carbons (Fsp3) is 0.444. The Kier molecular flexibility index (Phi) is 3.65. The number of aromatic nitrogens is 1. The molecule has 1 aromatic rings. The number of nitrogens with one attached hydrogen (secondary N) is 2. The molecule has 1 atom stereocenters. The molecular formula is C9H11N3O3S2. The first kappa shape index (κ1) is 12.3. The first-order valence-electron chi connectivity index (χ1n) is 4.91. The van der Waals surface area contributed by atoms with Crippen molar-refractivity contribution in [1.82, 2.24) is 9.69 Å². The maximum Gasteiger partial charge on any atom is 0.340 e. The van der Waals surface area contributed by atoms with Crippen molar-refractivity contribution in [3.63, 3.8) is 0 Å². The molecule has 17 heavy (non-hydrogen) atoms. The van der Waals surface area contributed by atoms with E-state index in [0.717, 1.165) is 17.4 Å². The average molecular weight is 273 g/mol. The topological polar surface area (TPSA) is 91.3 Å². The van der Waals surface area contributed by atoms with Crippen molar-refractivity contribution in [2.75, 3.05) is 16.9 Å². The number of carbonyl (C=O) groups excluding carboxylic acids is 1. The van der Waals surface area contributed by atoms with Crippen molar-refractivity contribution in [2.45, 2.75) is 13.0 Å². The van der Waals surface area contributed by atoms with Gasteiger partial charge in [0.1, 0.15) is 10.6 Å². The normalized spacial score (nSPS) is 19.2. The minimum atomic E-state index is -1.07.